The molecular weight excluding hydrogens is 220 g/mol. The number of halogens is 1. The maximum atomic E-state index is 5.73. The van der Waals surface area contributed by atoms with Crippen LogP contribution in [0.3, 0.4) is 0 Å². The topological polar surface area (TPSA) is 6.48 Å². The summed E-state index contributed by atoms with van der Waals surface area (Å²) in [5.74, 6) is 0.766. The molecule has 2 nitrogen and oxygen atoms in total. The molecular formula is C13H19ClN2. The highest BCUT2D eigenvalue weighted by atomic mass is 35.5. The molecule has 0 aliphatic carbocycles. The molecule has 0 saturated carbocycles. The second-order valence-electron chi connectivity index (χ2n) is 4.25. The van der Waals surface area contributed by atoms with Crippen LogP contribution in [0.1, 0.15) is 12.8 Å². The van der Waals surface area contributed by atoms with E-state index in [1.165, 1.54) is 25.2 Å². The van der Waals surface area contributed by atoms with Crippen LogP contribution in [0, 0.1) is 0 Å². The Bertz CT molecular complexity index is 302. The van der Waals surface area contributed by atoms with Gasteiger partial charge in [0.2, 0.25) is 0 Å². The summed E-state index contributed by atoms with van der Waals surface area (Å²) in [5, 5.41) is 0. The summed E-state index contributed by atoms with van der Waals surface area (Å²) in [4.78, 5) is 4.93. The molecule has 1 aliphatic rings. The van der Waals surface area contributed by atoms with Gasteiger partial charge in [0.25, 0.3) is 0 Å². The first kappa shape index (κ1) is 11.7. The van der Waals surface area contributed by atoms with E-state index in [9.17, 15) is 0 Å². The molecule has 2 rings (SSSR count). The zero-order chi connectivity index (χ0) is 11.2. The maximum absolute atomic E-state index is 5.73. The van der Waals surface area contributed by atoms with Gasteiger partial charge in [0.05, 0.1) is 6.67 Å². The second kappa shape index (κ2) is 6.12. The Morgan fingerprint density at radius 2 is 1.94 bits per heavy atom. The van der Waals surface area contributed by atoms with Crippen LogP contribution in [-0.4, -0.2) is 37.1 Å². The normalized spacial score (nSPS) is 17.7. The highest BCUT2D eigenvalue weighted by molar-refractivity contribution is 6.17. The van der Waals surface area contributed by atoms with Crippen LogP contribution in [0.4, 0.5) is 5.69 Å². The molecule has 1 fully saturated rings. The Morgan fingerprint density at radius 1 is 1.12 bits per heavy atom. The molecule has 1 aromatic carbocycles. The van der Waals surface area contributed by atoms with Crippen molar-refractivity contribution >= 4 is 17.3 Å². The minimum Gasteiger partial charge on any atom is -0.358 e. The van der Waals surface area contributed by atoms with Crippen LogP contribution in [0.15, 0.2) is 30.3 Å². The third-order valence-electron chi connectivity index (χ3n) is 3.00. The molecule has 0 amide bonds. The van der Waals surface area contributed by atoms with E-state index < -0.39 is 0 Å². The average molecular weight is 239 g/mol. The van der Waals surface area contributed by atoms with Gasteiger partial charge >= 0.3 is 0 Å². The molecule has 0 N–H and O–H groups in total. The zero-order valence-electron chi connectivity index (χ0n) is 9.61. The minimum absolute atomic E-state index is 0.766. The number of rotatable bonds is 4. The van der Waals surface area contributed by atoms with Crippen molar-refractivity contribution in [3.8, 4) is 0 Å². The lowest BCUT2D eigenvalue weighted by Gasteiger charge is -2.37. The summed E-state index contributed by atoms with van der Waals surface area (Å²) in [6.07, 6.45) is 2.33. The lowest BCUT2D eigenvalue weighted by molar-refractivity contribution is 0.242. The van der Waals surface area contributed by atoms with Crippen LogP contribution in [0.2, 0.25) is 0 Å². The quantitative estimate of drug-likeness (QED) is 0.745. The SMILES string of the molecule is ClCCCN1CCCN(c2ccccc2)C1. The molecule has 1 aliphatic heterocycles. The van der Waals surface area contributed by atoms with E-state index in [4.69, 9.17) is 11.6 Å². The van der Waals surface area contributed by atoms with Crippen LogP contribution in [0.25, 0.3) is 0 Å². The molecule has 16 heavy (non-hydrogen) atoms. The molecule has 3 heteroatoms. The van der Waals surface area contributed by atoms with Crippen molar-refractivity contribution in [2.24, 2.45) is 0 Å². The van der Waals surface area contributed by atoms with Crippen LogP contribution >= 0.6 is 11.6 Å². The van der Waals surface area contributed by atoms with Gasteiger partial charge in [0, 0.05) is 31.2 Å². The Hall–Kier alpha value is -0.730. The van der Waals surface area contributed by atoms with Gasteiger partial charge in [-0.1, -0.05) is 18.2 Å². The molecule has 0 spiro atoms. The largest absolute Gasteiger partial charge is 0.358 e. The van der Waals surface area contributed by atoms with Gasteiger partial charge in [-0.15, -0.1) is 11.6 Å². The molecule has 0 unspecified atom stereocenters. The fourth-order valence-corrected chi connectivity index (χ4v) is 2.30. The summed E-state index contributed by atoms with van der Waals surface area (Å²) in [6, 6.07) is 10.6. The van der Waals surface area contributed by atoms with E-state index in [1.807, 2.05) is 0 Å². The molecule has 1 aromatic rings. The van der Waals surface area contributed by atoms with Gasteiger partial charge in [-0.25, -0.2) is 0 Å². The monoisotopic (exact) mass is 238 g/mol. The lowest BCUT2D eigenvalue weighted by atomic mass is 10.2. The van der Waals surface area contributed by atoms with Crippen molar-refractivity contribution in [2.75, 3.05) is 37.1 Å². The molecule has 1 saturated heterocycles. The van der Waals surface area contributed by atoms with Crippen molar-refractivity contribution in [1.29, 1.82) is 0 Å². The molecule has 0 aromatic heterocycles. The molecule has 0 bridgehead atoms. The van der Waals surface area contributed by atoms with E-state index in [-0.39, 0.29) is 0 Å². The van der Waals surface area contributed by atoms with Gasteiger partial charge in [0.1, 0.15) is 0 Å². The average Bonchev–Trinajstić information content (AvgIpc) is 2.38. The van der Waals surface area contributed by atoms with Gasteiger partial charge in [-0.2, -0.15) is 0 Å². The molecule has 0 radical (unpaired) electrons. The summed E-state index contributed by atoms with van der Waals surface area (Å²) < 4.78 is 0. The Balaban J connectivity index is 1.91. The highest BCUT2D eigenvalue weighted by Gasteiger charge is 2.16. The van der Waals surface area contributed by atoms with Gasteiger partial charge in [-0.05, 0) is 25.0 Å². The second-order valence-corrected chi connectivity index (χ2v) is 4.63. The van der Waals surface area contributed by atoms with Crippen molar-refractivity contribution in [1.82, 2.24) is 4.90 Å². The maximum Gasteiger partial charge on any atom is 0.0707 e. The number of hydrogen-bond acceptors (Lipinski definition) is 2. The van der Waals surface area contributed by atoms with Crippen LogP contribution in [0.5, 0.6) is 0 Å². The predicted molar refractivity (Wildman–Crippen MR) is 70.2 cm³/mol. The van der Waals surface area contributed by atoms with E-state index in [2.05, 4.69) is 40.1 Å². The van der Waals surface area contributed by atoms with E-state index in [1.54, 1.807) is 0 Å². The first-order chi connectivity index (χ1) is 7.90. The molecule has 88 valence electrons. The first-order valence-electron chi connectivity index (χ1n) is 5.98. The van der Waals surface area contributed by atoms with Gasteiger partial charge in [-0.3, -0.25) is 4.90 Å². The number of benzene rings is 1. The summed E-state index contributed by atoms with van der Waals surface area (Å²) in [5.41, 5.74) is 1.33. The predicted octanol–water partition coefficient (Wildman–Crippen LogP) is 2.79. The number of para-hydroxylation sites is 1. The van der Waals surface area contributed by atoms with E-state index in [0.717, 1.165) is 25.5 Å². The number of hydrogen-bond donors (Lipinski definition) is 0. The minimum atomic E-state index is 0.766. The third-order valence-corrected chi connectivity index (χ3v) is 3.27. The first-order valence-corrected chi connectivity index (χ1v) is 6.52. The summed E-state index contributed by atoms with van der Waals surface area (Å²) >= 11 is 5.73. The molecule has 0 atom stereocenters. The van der Waals surface area contributed by atoms with Crippen molar-refractivity contribution in [2.45, 2.75) is 12.8 Å². The van der Waals surface area contributed by atoms with Gasteiger partial charge < -0.3 is 4.90 Å². The van der Waals surface area contributed by atoms with E-state index >= 15 is 0 Å². The number of anilines is 1. The van der Waals surface area contributed by atoms with E-state index in [0.29, 0.717) is 0 Å². The van der Waals surface area contributed by atoms with Crippen molar-refractivity contribution in [3.63, 3.8) is 0 Å². The van der Waals surface area contributed by atoms with Crippen molar-refractivity contribution in [3.05, 3.63) is 30.3 Å². The highest BCUT2D eigenvalue weighted by Crippen LogP contribution is 2.17. The van der Waals surface area contributed by atoms with Crippen LogP contribution < -0.4 is 4.90 Å². The summed E-state index contributed by atoms with van der Waals surface area (Å²) in [7, 11) is 0. The number of alkyl halides is 1. The Morgan fingerprint density at radius 3 is 2.69 bits per heavy atom. The zero-order valence-corrected chi connectivity index (χ0v) is 10.4. The standard InChI is InChI=1S/C13H19ClN2/c14-8-4-9-15-10-5-11-16(12-15)13-6-2-1-3-7-13/h1-3,6-7H,4-5,8-12H2. The Kier molecular flexibility index (Phi) is 4.49. The third kappa shape index (κ3) is 3.13. The Labute approximate surface area is 103 Å². The number of nitrogens with zero attached hydrogens (tertiary/aromatic N) is 2. The fraction of sp³-hybridized carbons (Fsp3) is 0.538. The fourth-order valence-electron chi connectivity index (χ4n) is 2.18. The van der Waals surface area contributed by atoms with Crippen molar-refractivity contribution < 1.29 is 0 Å². The smallest absolute Gasteiger partial charge is 0.0707 e. The van der Waals surface area contributed by atoms with Crippen LogP contribution in [-0.2, 0) is 0 Å². The lowest BCUT2D eigenvalue weighted by Crippen LogP contribution is -2.45. The molecule has 1 heterocycles. The van der Waals surface area contributed by atoms with Gasteiger partial charge in [0.15, 0.2) is 0 Å². The summed E-state index contributed by atoms with van der Waals surface area (Å²) in [6.45, 7) is 4.54.